The Morgan fingerprint density at radius 2 is 2.00 bits per heavy atom. The fraction of sp³-hybridized carbons (Fsp3) is 0.667. The van der Waals surface area contributed by atoms with Crippen molar-refractivity contribution >= 4 is 11.8 Å². The lowest BCUT2D eigenvalue weighted by molar-refractivity contribution is -0.162. The maximum atomic E-state index is 13.3. The van der Waals surface area contributed by atoms with Crippen molar-refractivity contribution in [3.05, 3.63) is 25.3 Å². The molecule has 1 aliphatic rings. The van der Waals surface area contributed by atoms with Crippen molar-refractivity contribution in [1.29, 1.82) is 0 Å². The van der Waals surface area contributed by atoms with Gasteiger partial charge in [-0.2, -0.15) is 5.48 Å². The molecular weight excluding hydrogens is 308 g/mol. The number of carbonyl (C=O) groups is 2. The number of ether oxygens (including phenoxy) is 1. The summed E-state index contributed by atoms with van der Waals surface area (Å²) < 4.78 is 4.98. The lowest BCUT2D eigenvalue weighted by Gasteiger charge is -2.36. The number of nitrogens with zero attached hydrogens (tertiary/aromatic N) is 1. The Morgan fingerprint density at radius 1 is 1.33 bits per heavy atom. The van der Waals surface area contributed by atoms with Gasteiger partial charge in [0.2, 0.25) is 0 Å². The number of rotatable bonds is 9. The first-order valence-corrected chi connectivity index (χ1v) is 8.26. The third-order valence-electron chi connectivity index (χ3n) is 4.01. The molecule has 0 aromatic heterocycles. The van der Waals surface area contributed by atoms with Crippen molar-refractivity contribution in [3.63, 3.8) is 0 Å². The highest BCUT2D eigenvalue weighted by Crippen LogP contribution is 2.33. The number of methoxy groups -OCH3 is 1. The van der Waals surface area contributed by atoms with Crippen LogP contribution in [0.25, 0.3) is 0 Å². The molecule has 0 aromatic rings. The van der Waals surface area contributed by atoms with Gasteiger partial charge in [0, 0.05) is 13.1 Å². The summed E-state index contributed by atoms with van der Waals surface area (Å²) >= 11 is 0. The van der Waals surface area contributed by atoms with Gasteiger partial charge < -0.3 is 4.74 Å². The highest BCUT2D eigenvalue weighted by Gasteiger charge is 2.55. The molecule has 1 saturated heterocycles. The average molecular weight is 338 g/mol. The molecule has 0 amide bonds. The van der Waals surface area contributed by atoms with Gasteiger partial charge in [-0.05, 0) is 40.0 Å². The summed E-state index contributed by atoms with van der Waals surface area (Å²) in [7, 11) is 1.31. The van der Waals surface area contributed by atoms with E-state index < -0.39 is 23.2 Å². The number of Topliss-reactive ketones (excluding diaryl/α,β-unsaturated/α-hetero) is 1. The Balaban J connectivity index is 3.14. The number of hydrogen-bond acceptors (Lipinski definition) is 6. The zero-order valence-corrected chi connectivity index (χ0v) is 15.3. The van der Waals surface area contributed by atoms with E-state index in [-0.39, 0.29) is 5.78 Å². The van der Waals surface area contributed by atoms with Crippen LogP contribution in [0.2, 0.25) is 0 Å². The first kappa shape index (κ1) is 20.5. The van der Waals surface area contributed by atoms with Gasteiger partial charge in [-0.3, -0.25) is 14.5 Å². The average Bonchev–Trinajstić information content (AvgIpc) is 2.94. The van der Waals surface area contributed by atoms with Crippen molar-refractivity contribution in [2.45, 2.75) is 57.2 Å². The van der Waals surface area contributed by atoms with Crippen molar-refractivity contribution in [1.82, 2.24) is 10.4 Å². The lowest BCUT2D eigenvalue weighted by atomic mass is 9.85. The number of hydroxylamine groups is 1. The predicted molar refractivity (Wildman–Crippen MR) is 93.3 cm³/mol. The molecule has 1 N–H and O–H groups in total. The van der Waals surface area contributed by atoms with Gasteiger partial charge in [0.05, 0.1) is 18.8 Å². The van der Waals surface area contributed by atoms with Crippen LogP contribution in [-0.4, -0.2) is 54.0 Å². The van der Waals surface area contributed by atoms with E-state index in [2.05, 4.69) is 18.6 Å². The van der Waals surface area contributed by atoms with E-state index in [0.717, 1.165) is 6.42 Å². The SMILES string of the molecule is C=CC[C@H](NOC(C)(C)C)C(=O)[C@]1(C(=O)OC)CCCN1CC=C. The topological polar surface area (TPSA) is 67.9 Å². The Hall–Kier alpha value is -1.50. The second-order valence-electron chi connectivity index (χ2n) is 6.96. The van der Waals surface area contributed by atoms with E-state index in [9.17, 15) is 9.59 Å². The second-order valence-corrected chi connectivity index (χ2v) is 6.96. The Labute approximate surface area is 144 Å². The van der Waals surface area contributed by atoms with E-state index in [1.807, 2.05) is 25.7 Å². The summed E-state index contributed by atoms with van der Waals surface area (Å²) in [4.78, 5) is 33.3. The molecule has 0 saturated carbocycles. The quantitative estimate of drug-likeness (QED) is 0.300. The van der Waals surface area contributed by atoms with Crippen molar-refractivity contribution in [2.24, 2.45) is 0 Å². The second kappa shape index (κ2) is 8.55. The summed E-state index contributed by atoms with van der Waals surface area (Å²) in [5.74, 6) is -0.781. The zero-order chi connectivity index (χ0) is 18.4. The van der Waals surface area contributed by atoms with Gasteiger partial charge in [0.1, 0.15) is 0 Å². The summed E-state index contributed by atoms with van der Waals surface area (Å²) in [6.07, 6.45) is 4.86. The largest absolute Gasteiger partial charge is 0.467 e. The van der Waals surface area contributed by atoms with Gasteiger partial charge in [0.25, 0.3) is 0 Å². The van der Waals surface area contributed by atoms with Crippen LogP contribution in [0.4, 0.5) is 0 Å². The van der Waals surface area contributed by atoms with Crippen LogP contribution in [0.1, 0.15) is 40.0 Å². The van der Waals surface area contributed by atoms with Gasteiger partial charge in [-0.15, -0.1) is 13.2 Å². The zero-order valence-electron chi connectivity index (χ0n) is 15.3. The number of ketones is 1. The van der Waals surface area contributed by atoms with Gasteiger partial charge in [-0.25, -0.2) is 4.79 Å². The van der Waals surface area contributed by atoms with Crippen LogP contribution < -0.4 is 5.48 Å². The molecule has 6 heteroatoms. The standard InChI is InChI=1S/C18H30N2O4/c1-7-10-14(19-24-17(3,4)5)15(21)18(16(22)23-6)11-9-13-20(18)12-8-2/h7-8,14,19H,1-2,9-13H2,3-6H3/t14-,18-/m0/s1. The molecule has 1 aliphatic heterocycles. The molecule has 0 unspecified atom stereocenters. The van der Waals surface area contributed by atoms with Gasteiger partial charge in [0.15, 0.2) is 11.3 Å². The molecule has 136 valence electrons. The summed E-state index contributed by atoms with van der Waals surface area (Å²) in [6.45, 7) is 14.2. The molecule has 2 atom stereocenters. The van der Waals surface area contributed by atoms with Crippen LogP contribution in [-0.2, 0) is 19.2 Å². The molecule has 0 aromatic carbocycles. The fourth-order valence-corrected chi connectivity index (χ4v) is 2.97. The molecular formula is C18H30N2O4. The fourth-order valence-electron chi connectivity index (χ4n) is 2.97. The first-order valence-electron chi connectivity index (χ1n) is 8.26. The van der Waals surface area contributed by atoms with E-state index in [0.29, 0.717) is 25.9 Å². The van der Waals surface area contributed by atoms with E-state index in [1.54, 1.807) is 12.2 Å². The molecule has 0 bridgehead atoms. The number of likely N-dealkylation sites (tertiary alicyclic amines) is 1. The maximum Gasteiger partial charge on any atom is 0.334 e. The summed E-state index contributed by atoms with van der Waals surface area (Å²) in [6, 6.07) is -0.675. The number of nitrogens with one attached hydrogen (secondary N) is 1. The minimum atomic E-state index is -1.30. The van der Waals surface area contributed by atoms with Gasteiger partial charge >= 0.3 is 5.97 Å². The van der Waals surface area contributed by atoms with E-state index in [1.165, 1.54) is 7.11 Å². The van der Waals surface area contributed by atoms with Gasteiger partial charge in [-0.1, -0.05) is 12.2 Å². The molecule has 1 rings (SSSR count). The van der Waals surface area contributed by atoms with Crippen LogP contribution in [0.3, 0.4) is 0 Å². The molecule has 24 heavy (non-hydrogen) atoms. The lowest BCUT2D eigenvalue weighted by Crippen LogP contribution is -2.62. The number of hydrogen-bond donors (Lipinski definition) is 1. The maximum absolute atomic E-state index is 13.3. The highest BCUT2D eigenvalue weighted by molar-refractivity contribution is 6.11. The first-order chi connectivity index (χ1) is 11.2. The third-order valence-corrected chi connectivity index (χ3v) is 4.01. The molecule has 6 nitrogen and oxygen atoms in total. The molecule has 0 aliphatic carbocycles. The third kappa shape index (κ3) is 4.53. The van der Waals surface area contributed by atoms with Crippen molar-refractivity contribution in [3.8, 4) is 0 Å². The summed E-state index contributed by atoms with van der Waals surface area (Å²) in [5.41, 5.74) is 1.06. The van der Waals surface area contributed by atoms with Crippen molar-refractivity contribution < 1.29 is 19.2 Å². The number of esters is 1. The molecule has 0 spiro atoms. The number of carbonyl (C=O) groups excluding carboxylic acids is 2. The minimum Gasteiger partial charge on any atom is -0.467 e. The Kier molecular flexibility index (Phi) is 7.32. The normalized spacial score (nSPS) is 22.8. The minimum absolute atomic E-state index is 0.252. The van der Waals surface area contributed by atoms with Crippen molar-refractivity contribution in [2.75, 3.05) is 20.2 Å². The van der Waals surface area contributed by atoms with Crippen LogP contribution in [0.5, 0.6) is 0 Å². The Morgan fingerprint density at radius 3 is 2.50 bits per heavy atom. The molecule has 1 heterocycles. The predicted octanol–water partition coefficient (Wildman–Crippen LogP) is 2.01. The highest BCUT2D eigenvalue weighted by atomic mass is 16.7. The van der Waals surface area contributed by atoms with Crippen LogP contribution in [0, 0.1) is 0 Å². The van der Waals surface area contributed by atoms with E-state index >= 15 is 0 Å². The molecule has 0 radical (unpaired) electrons. The summed E-state index contributed by atoms with van der Waals surface area (Å²) in [5, 5.41) is 0. The Bertz CT molecular complexity index is 484. The molecule has 1 fully saturated rings. The van der Waals surface area contributed by atoms with Crippen LogP contribution >= 0.6 is 0 Å². The smallest absolute Gasteiger partial charge is 0.334 e. The van der Waals surface area contributed by atoms with Crippen LogP contribution in [0.15, 0.2) is 25.3 Å². The monoisotopic (exact) mass is 338 g/mol. The van der Waals surface area contributed by atoms with E-state index in [4.69, 9.17) is 9.57 Å².